The van der Waals surface area contributed by atoms with Gasteiger partial charge in [-0.25, -0.2) is 4.79 Å². The molecule has 1 amide bonds. The fraction of sp³-hybridized carbons (Fsp3) is 0.385. The molecule has 1 aromatic carbocycles. The predicted molar refractivity (Wildman–Crippen MR) is 71.6 cm³/mol. The van der Waals surface area contributed by atoms with E-state index < -0.39 is 17.9 Å². The Kier molecular flexibility index (Phi) is 4.88. The van der Waals surface area contributed by atoms with Crippen LogP contribution in [0.2, 0.25) is 0 Å². The van der Waals surface area contributed by atoms with E-state index in [4.69, 9.17) is 9.84 Å². The van der Waals surface area contributed by atoms with Crippen molar-refractivity contribution in [3.63, 3.8) is 0 Å². The molecule has 0 aliphatic heterocycles. The maximum absolute atomic E-state index is 11.8. The molecule has 1 rings (SSSR count). The van der Waals surface area contributed by atoms with Gasteiger partial charge in [-0.05, 0) is 44.2 Å². The molecular formula is C13H18N2O4. The van der Waals surface area contributed by atoms with Gasteiger partial charge >= 0.3 is 5.97 Å². The molecule has 1 aromatic rings. The Labute approximate surface area is 111 Å². The highest BCUT2D eigenvalue weighted by Gasteiger charge is 2.24. The highest BCUT2D eigenvalue weighted by Crippen LogP contribution is 2.25. The van der Waals surface area contributed by atoms with E-state index in [0.29, 0.717) is 5.69 Å². The molecule has 3 N–H and O–H groups in total. The lowest BCUT2D eigenvalue weighted by atomic mass is 10.1. The van der Waals surface area contributed by atoms with Gasteiger partial charge in [-0.1, -0.05) is 0 Å². The van der Waals surface area contributed by atoms with Crippen LogP contribution in [0.5, 0.6) is 5.75 Å². The summed E-state index contributed by atoms with van der Waals surface area (Å²) in [6.45, 7) is 3.66. The van der Waals surface area contributed by atoms with Gasteiger partial charge in [-0.3, -0.25) is 10.1 Å². The third kappa shape index (κ3) is 3.45. The number of carbonyl (C=O) groups excluding carboxylic acids is 1. The number of nitrogens with one attached hydrogen (secondary N) is 2. The standard InChI is InChI=1S/C13H18N2O4/c1-7-6-10(19-4)8(2)5-9(7)15-12(16)11(14-3)13(17)18/h5-6,11,14H,1-4H3,(H,15,16)(H,17,18). The number of benzene rings is 1. The smallest absolute Gasteiger partial charge is 0.330 e. The molecule has 1 atom stereocenters. The van der Waals surface area contributed by atoms with E-state index in [2.05, 4.69) is 10.6 Å². The zero-order valence-corrected chi connectivity index (χ0v) is 11.4. The van der Waals surface area contributed by atoms with Gasteiger partial charge in [-0.15, -0.1) is 0 Å². The molecule has 0 aromatic heterocycles. The summed E-state index contributed by atoms with van der Waals surface area (Å²) in [5, 5.41) is 13.9. The highest BCUT2D eigenvalue weighted by molar-refractivity contribution is 6.08. The van der Waals surface area contributed by atoms with Crippen LogP contribution in [0.25, 0.3) is 0 Å². The lowest BCUT2D eigenvalue weighted by molar-refractivity contribution is -0.142. The summed E-state index contributed by atoms with van der Waals surface area (Å²) in [5.74, 6) is -1.11. The molecule has 0 spiro atoms. The van der Waals surface area contributed by atoms with Gasteiger partial charge in [0, 0.05) is 5.69 Å². The normalized spacial score (nSPS) is 11.8. The first-order valence-corrected chi connectivity index (χ1v) is 5.76. The van der Waals surface area contributed by atoms with Crippen LogP contribution in [-0.2, 0) is 9.59 Å². The van der Waals surface area contributed by atoms with Crippen molar-refractivity contribution in [1.82, 2.24) is 5.32 Å². The monoisotopic (exact) mass is 266 g/mol. The topological polar surface area (TPSA) is 87.7 Å². The summed E-state index contributed by atoms with van der Waals surface area (Å²) >= 11 is 0. The van der Waals surface area contributed by atoms with Crippen molar-refractivity contribution in [1.29, 1.82) is 0 Å². The number of hydrogen-bond acceptors (Lipinski definition) is 4. The molecular weight excluding hydrogens is 248 g/mol. The van der Waals surface area contributed by atoms with Crippen molar-refractivity contribution in [2.75, 3.05) is 19.5 Å². The van der Waals surface area contributed by atoms with E-state index in [0.717, 1.165) is 16.9 Å². The Hall–Kier alpha value is -2.08. The summed E-state index contributed by atoms with van der Waals surface area (Å²) in [4.78, 5) is 22.7. The van der Waals surface area contributed by atoms with Crippen molar-refractivity contribution in [2.45, 2.75) is 19.9 Å². The molecule has 0 saturated heterocycles. The number of methoxy groups -OCH3 is 1. The van der Waals surface area contributed by atoms with Crippen LogP contribution in [0.15, 0.2) is 12.1 Å². The third-order valence-corrected chi connectivity index (χ3v) is 2.80. The second-order valence-electron chi connectivity index (χ2n) is 4.19. The van der Waals surface area contributed by atoms with Crippen LogP contribution in [0.4, 0.5) is 5.69 Å². The van der Waals surface area contributed by atoms with Crippen molar-refractivity contribution < 1.29 is 19.4 Å². The summed E-state index contributed by atoms with van der Waals surface area (Å²) in [6.07, 6.45) is 0. The minimum absolute atomic E-state index is 0.574. The number of carboxylic acid groups (broad SMARTS) is 1. The summed E-state index contributed by atoms with van der Waals surface area (Å²) in [6, 6.07) is 2.27. The first-order valence-electron chi connectivity index (χ1n) is 5.76. The van der Waals surface area contributed by atoms with Gasteiger partial charge in [0.2, 0.25) is 0 Å². The minimum atomic E-state index is -1.28. The maximum Gasteiger partial charge on any atom is 0.330 e. The van der Waals surface area contributed by atoms with Gasteiger partial charge in [0.15, 0.2) is 6.04 Å². The van der Waals surface area contributed by atoms with Crippen LogP contribution in [-0.4, -0.2) is 37.2 Å². The first kappa shape index (κ1) is 15.0. The fourth-order valence-corrected chi connectivity index (χ4v) is 1.72. The largest absolute Gasteiger partial charge is 0.496 e. The van der Waals surface area contributed by atoms with E-state index >= 15 is 0 Å². The minimum Gasteiger partial charge on any atom is -0.496 e. The average molecular weight is 266 g/mol. The lowest BCUT2D eigenvalue weighted by Crippen LogP contribution is -2.44. The van der Waals surface area contributed by atoms with Crippen LogP contribution in [0, 0.1) is 13.8 Å². The molecule has 0 heterocycles. The fourth-order valence-electron chi connectivity index (χ4n) is 1.72. The van der Waals surface area contributed by atoms with E-state index in [9.17, 15) is 9.59 Å². The molecule has 0 bridgehead atoms. The average Bonchev–Trinajstić information content (AvgIpc) is 2.33. The first-order chi connectivity index (χ1) is 8.90. The van der Waals surface area contributed by atoms with Gasteiger partial charge in [0.05, 0.1) is 7.11 Å². The summed E-state index contributed by atoms with van der Waals surface area (Å²) in [7, 11) is 2.99. The molecule has 6 nitrogen and oxygen atoms in total. The molecule has 0 saturated carbocycles. The van der Waals surface area contributed by atoms with Gasteiger partial charge in [0.25, 0.3) is 5.91 Å². The number of amides is 1. The molecule has 1 unspecified atom stereocenters. The van der Waals surface area contributed by atoms with Crippen molar-refractivity contribution >= 4 is 17.6 Å². The van der Waals surface area contributed by atoms with Crippen LogP contribution >= 0.6 is 0 Å². The molecule has 19 heavy (non-hydrogen) atoms. The summed E-state index contributed by atoms with van der Waals surface area (Å²) in [5.41, 5.74) is 2.24. The Bertz CT molecular complexity index is 500. The Balaban J connectivity index is 2.97. The number of aliphatic carboxylic acids is 1. The van der Waals surface area contributed by atoms with Crippen molar-refractivity contribution in [2.24, 2.45) is 0 Å². The molecule has 0 aliphatic carbocycles. The van der Waals surface area contributed by atoms with Gasteiger partial charge < -0.3 is 15.2 Å². The molecule has 104 valence electrons. The number of anilines is 1. The SMILES string of the molecule is CNC(C(=O)O)C(=O)Nc1cc(C)c(OC)cc1C. The Morgan fingerprint density at radius 1 is 1.26 bits per heavy atom. The lowest BCUT2D eigenvalue weighted by Gasteiger charge is -2.15. The van der Waals surface area contributed by atoms with Crippen LogP contribution in [0.3, 0.4) is 0 Å². The number of likely N-dealkylation sites (N-methyl/N-ethyl adjacent to an activating group) is 1. The van der Waals surface area contributed by atoms with Crippen molar-refractivity contribution in [3.8, 4) is 5.75 Å². The number of hydrogen-bond donors (Lipinski definition) is 3. The van der Waals surface area contributed by atoms with Crippen LogP contribution in [0.1, 0.15) is 11.1 Å². The molecule has 0 fully saturated rings. The van der Waals surface area contributed by atoms with Gasteiger partial charge in [-0.2, -0.15) is 0 Å². The van der Waals surface area contributed by atoms with E-state index in [-0.39, 0.29) is 0 Å². The van der Waals surface area contributed by atoms with E-state index in [1.54, 1.807) is 19.2 Å². The second-order valence-corrected chi connectivity index (χ2v) is 4.19. The third-order valence-electron chi connectivity index (χ3n) is 2.80. The van der Waals surface area contributed by atoms with Crippen molar-refractivity contribution in [3.05, 3.63) is 23.3 Å². The number of rotatable bonds is 5. The molecule has 0 radical (unpaired) electrons. The zero-order chi connectivity index (χ0) is 14.6. The molecule has 6 heteroatoms. The number of carbonyl (C=O) groups is 2. The highest BCUT2D eigenvalue weighted by atomic mass is 16.5. The number of ether oxygens (including phenoxy) is 1. The second kappa shape index (κ2) is 6.19. The Morgan fingerprint density at radius 3 is 2.37 bits per heavy atom. The quantitative estimate of drug-likeness (QED) is 0.690. The van der Waals surface area contributed by atoms with Crippen LogP contribution < -0.4 is 15.4 Å². The number of aryl methyl sites for hydroxylation is 2. The predicted octanol–water partition coefficient (Wildman–Crippen LogP) is 0.923. The Morgan fingerprint density at radius 2 is 1.89 bits per heavy atom. The van der Waals surface area contributed by atoms with E-state index in [1.807, 2.05) is 13.8 Å². The molecule has 0 aliphatic rings. The number of carboxylic acids is 1. The van der Waals surface area contributed by atoms with Gasteiger partial charge in [0.1, 0.15) is 5.75 Å². The maximum atomic E-state index is 11.8. The van der Waals surface area contributed by atoms with E-state index in [1.165, 1.54) is 7.05 Å². The zero-order valence-electron chi connectivity index (χ0n) is 11.4. The summed E-state index contributed by atoms with van der Waals surface area (Å²) < 4.78 is 5.17.